The molecule has 94 valence electrons. The van der Waals surface area contributed by atoms with Gasteiger partial charge >= 0.3 is 5.97 Å². The molecule has 2 aromatic rings. The number of methoxy groups -OCH3 is 1. The fraction of sp³-hybridized carbons (Fsp3) is 0.167. The Morgan fingerprint density at radius 2 is 2.22 bits per heavy atom. The van der Waals surface area contributed by atoms with Gasteiger partial charge in [0.05, 0.1) is 11.6 Å². The number of thiazole rings is 1. The number of carbonyl (C=O) groups excluding carboxylic acids is 1. The first kappa shape index (κ1) is 13.2. The molecule has 0 aliphatic rings. The zero-order chi connectivity index (χ0) is 13.3. The van der Waals surface area contributed by atoms with Crippen molar-refractivity contribution in [3.63, 3.8) is 0 Å². The van der Waals surface area contributed by atoms with Gasteiger partial charge in [-0.25, -0.2) is 14.2 Å². The van der Waals surface area contributed by atoms with E-state index in [9.17, 15) is 9.18 Å². The van der Waals surface area contributed by atoms with Gasteiger partial charge in [-0.05, 0) is 35.0 Å². The predicted molar refractivity (Wildman–Crippen MR) is 71.3 cm³/mol. The maximum Gasteiger partial charge on any atom is 0.357 e. The van der Waals surface area contributed by atoms with Crippen molar-refractivity contribution in [1.82, 2.24) is 4.98 Å². The second kappa shape index (κ2) is 5.16. The van der Waals surface area contributed by atoms with E-state index in [4.69, 9.17) is 0 Å². The number of aryl methyl sites for hydroxylation is 1. The molecular weight excluding hydrogens is 321 g/mol. The number of esters is 1. The molecule has 0 fully saturated rings. The summed E-state index contributed by atoms with van der Waals surface area (Å²) < 4.78 is 18.5. The van der Waals surface area contributed by atoms with Crippen LogP contribution >= 0.6 is 27.3 Å². The second-order valence-electron chi connectivity index (χ2n) is 3.54. The average Bonchev–Trinajstić information content (AvgIpc) is 2.74. The van der Waals surface area contributed by atoms with Crippen molar-refractivity contribution >= 4 is 33.2 Å². The Morgan fingerprint density at radius 3 is 2.83 bits per heavy atom. The van der Waals surface area contributed by atoms with Crippen LogP contribution in [0.15, 0.2) is 22.7 Å². The number of hydrogen-bond acceptors (Lipinski definition) is 4. The molecule has 1 aromatic heterocycles. The third-order valence-corrected chi connectivity index (χ3v) is 4.00. The number of carbonyl (C=O) groups is 1. The Labute approximate surface area is 116 Å². The number of nitrogens with zero attached hydrogens (tertiary/aromatic N) is 1. The largest absolute Gasteiger partial charge is 0.464 e. The van der Waals surface area contributed by atoms with E-state index in [2.05, 4.69) is 25.7 Å². The maximum absolute atomic E-state index is 13.4. The van der Waals surface area contributed by atoms with E-state index >= 15 is 0 Å². The van der Waals surface area contributed by atoms with Crippen molar-refractivity contribution in [3.8, 4) is 10.6 Å². The Kier molecular flexibility index (Phi) is 3.77. The molecule has 1 aromatic carbocycles. The van der Waals surface area contributed by atoms with Crippen molar-refractivity contribution in [2.45, 2.75) is 6.92 Å². The molecule has 0 spiro atoms. The van der Waals surface area contributed by atoms with Gasteiger partial charge < -0.3 is 4.74 Å². The zero-order valence-corrected chi connectivity index (χ0v) is 12.1. The maximum atomic E-state index is 13.4. The summed E-state index contributed by atoms with van der Waals surface area (Å²) in [5.74, 6) is -0.840. The van der Waals surface area contributed by atoms with Gasteiger partial charge in [-0.15, -0.1) is 11.3 Å². The topological polar surface area (TPSA) is 39.2 Å². The number of benzene rings is 1. The van der Waals surface area contributed by atoms with E-state index < -0.39 is 5.97 Å². The molecule has 18 heavy (non-hydrogen) atoms. The van der Waals surface area contributed by atoms with Crippen molar-refractivity contribution in [3.05, 3.63) is 39.1 Å². The van der Waals surface area contributed by atoms with Crippen molar-refractivity contribution < 1.29 is 13.9 Å². The van der Waals surface area contributed by atoms with Gasteiger partial charge in [0.1, 0.15) is 10.8 Å². The van der Waals surface area contributed by atoms with Crippen LogP contribution < -0.4 is 0 Å². The average molecular weight is 330 g/mol. The second-order valence-corrected chi connectivity index (χ2v) is 5.60. The number of rotatable bonds is 2. The molecule has 0 aliphatic heterocycles. The first-order chi connectivity index (χ1) is 8.52. The lowest BCUT2D eigenvalue weighted by Crippen LogP contribution is -2.03. The normalized spacial score (nSPS) is 10.4. The lowest BCUT2D eigenvalue weighted by Gasteiger charge is -1.98. The molecule has 2 rings (SSSR count). The standard InChI is InChI=1S/C12H9BrFNO2S/c1-6-10(12(16)17-2)15-11(18-6)7-3-4-8(13)9(14)5-7/h3-5H,1-2H3. The molecule has 0 saturated carbocycles. The first-order valence-electron chi connectivity index (χ1n) is 5.04. The van der Waals surface area contributed by atoms with E-state index in [1.807, 2.05) is 0 Å². The minimum atomic E-state index is -0.479. The van der Waals surface area contributed by atoms with Crippen LogP contribution in [0, 0.1) is 12.7 Å². The SMILES string of the molecule is COC(=O)c1nc(-c2ccc(Br)c(F)c2)sc1C. The fourth-order valence-electron chi connectivity index (χ4n) is 1.44. The Hall–Kier alpha value is -1.27. The van der Waals surface area contributed by atoms with Crippen molar-refractivity contribution in [2.24, 2.45) is 0 Å². The van der Waals surface area contributed by atoms with Crippen LogP contribution in [0.1, 0.15) is 15.4 Å². The lowest BCUT2D eigenvalue weighted by molar-refractivity contribution is 0.0594. The molecule has 0 aliphatic carbocycles. The van der Waals surface area contributed by atoms with E-state index in [1.54, 1.807) is 19.1 Å². The summed E-state index contributed by atoms with van der Waals surface area (Å²) in [4.78, 5) is 16.4. The Morgan fingerprint density at radius 1 is 1.50 bits per heavy atom. The summed E-state index contributed by atoms with van der Waals surface area (Å²) in [6, 6.07) is 4.73. The highest BCUT2D eigenvalue weighted by molar-refractivity contribution is 9.10. The van der Waals surface area contributed by atoms with E-state index in [1.165, 1.54) is 24.5 Å². The summed E-state index contributed by atoms with van der Waals surface area (Å²) >= 11 is 4.42. The summed E-state index contributed by atoms with van der Waals surface area (Å²) in [5, 5.41) is 0.597. The quantitative estimate of drug-likeness (QED) is 0.786. The van der Waals surface area contributed by atoms with E-state index in [-0.39, 0.29) is 11.5 Å². The molecule has 0 amide bonds. The minimum absolute atomic E-state index is 0.279. The van der Waals surface area contributed by atoms with Gasteiger partial charge in [0.25, 0.3) is 0 Å². The van der Waals surface area contributed by atoms with Gasteiger partial charge in [0.15, 0.2) is 5.69 Å². The number of hydrogen-bond donors (Lipinski definition) is 0. The highest BCUT2D eigenvalue weighted by Gasteiger charge is 2.17. The van der Waals surface area contributed by atoms with Gasteiger partial charge in [-0.2, -0.15) is 0 Å². The fourth-order valence-corrected chi connectivity index (χ4v) is 2.58. The van der Waals surface area contributed by atoms with Crippen LogP contribution in [0.2, 0.25) is 0 Å². The van der Waals surface area contributed by atoms with Gasteiger partial charge in [0.2, 0.25) is 0 Å². The first-order valence-corrected chi connectivity index (χ1v) is 6.65. The third kappa shape index (κ3) is 2.44. The molecule has 0 radical (unpaired) electrons. The smallest absolute Gasteiger partial charge is 0.357 e. The number of halogens is 2. The van der Waals surface area contributed by atoms with Crippen molar-refractivity contribution in [2.75, 3.05) is 7.11 Å². The molecule has 0 saturated heterocycles. The van der Waals surface area contributed by atoms with Crippen LogP contribution in [0.3, 0.4) is 0 Å². The van der Waals surface area contributed by atoms with Crippen molar-refractivity contribution in [1.29, 1.82) is 0 Å². The molecule has 0 bridgehead atoms. The lowest BCUT2D eigenvalue weighted by atomic mass is 10.2. The van der Waals surface area contributed by atoms with Gasteiger partial charge in [-0.3, -0.25) is 0 Å². The minimum Gasteiger partial charge on any atom is -0.464 e. The molecule has 0 N–H and O–H groups in total. The summed E-state index contributed by atoms with van der Waals surface area (Å²) in [6.07, 6.45) is 0. The molecule has 0 unspecified atom stereocenters. The highest BCUT2D eigenvalue weighted by Crippen LogP contribution is 2.30. The summed E-state index contributed by atoms with van der Waals surface area (Å²) in [7, 11) is 1.31. The van der Waals surface area contributed by atoms with Crippen LogP contribution in [0.5, 0.6) is 0 Å². The Bertz CT molecular complexity index is 612. The monoisotopic (exact) mass is 329 g/mol. The highest BCUT2D eigenvalue weighted by atomic mass is 79.9. The molecule has 6 heteroatoms. The van der Waals surface area contributed by atoms with E-state index in [0.29, 0.717) is 15.0 Å². The van der Waals surface area contributed by atoms with Gasteiger partial charge in [0, 0.05) is 10.4 Å². The summed E-state index contributed by atoms with van der Waals surface area (Å²) in [6.45, 7) is 1.78. The zero-order valence-electron chi connectivity index (χ0n) is 9.66. The van der Waals surface area contributed by atoms with Crippen LogP contribution in [-0.4, -0.2) is 18.1 Å². The number of aromatic nitrogens is 1. The predicted octanol–water partition coefficient (Wildman–Crippen LogP) is 3.81. The summed E-state index contributed by atoms with van der Waals surface area (Å²) in [5.41, 5.74) is 0.916. The van der Waals surface area contributed by atoms with Crippen LogP contribution in [0.25, 0.3) is 10.6 Å². The molecule has 1 heterocycles. The van der Waals surface area contributed by atoms with Gasteiger partial charge in [-0.1, -0.05) is 6.07 Å². The molecular formula is C12H9BrFNO2S. The third-order valence-electron chi connectivity index (χ3n) is 2.34. The number of ether oxygens (including phenoxy) is 1. The molecule has 0 atom stereocenters. The Balaban J connectivity index is 2.45. The van der Waals surface area contributed by atoms with Crippen LogP contribution in [-0.2, 0) is 4.74 Å². The molecule has 3 nitrogen and oxygen atoms in total. The van der Waals surface area contributed by atoms with Crippen LogP contribution in [0.4, 0.5) is 4.39 Å². The van der Waals surface area contributed by atoms with E-state index in [0.717, 1.165) is 4.88 Å².